The van der Waals surface area contributed by atoms with E-state index in [0.717, 1.165) is 29.4 Å². The van der Waals surface area contributed by atoms with E-state index in [9.17, 15) is 9.59 Å². The molecule has 3 N–H and O–H groups in total. The molecule has 2 amide bonds. The first-order valence-corrected chi connectivity index (χ1v) is 9.39. The van der Waals surface area contributed by atoms with Crippen molar-refractivity contribution < 1.29 is 9.59 Å². The van der Waals surface area contributed by atoms with Gasteiger partial charge in [-0.3, -0.25) is 14.6 Å². The van der Waals surface area contributed by atoms with Crippen molar-refractivity contribution >= 4 is 22.6 Å². The summed E-state index contributed by atoms with van der Waals surface area (Å²) in [5.74, 6) is -1.27. The summed E-state index contributed by atoms with van der Waals surface area (Å²) in [5.41, 5.74) is 3.31. The van der Waals surface area contributed by atoms with Crippen LogP contribution in [0, 0.1) is 0 Å². The largest absolute Gasteiger partial charge is 0.346 e. The number of hydrogen-bond donors (Lipinski definition) is 3. The highest BCUT2D eigenvalue weighted by molar-refractivity contribution is 6.35. The summed E-state index contributed by atoms with van der Waals surface area (Å²) in [5, 5.41) is 10.8. The van der Waals surface area contributed by atoms with Crippen LogP contribution in [-0.4, -0.2) is 29.4 Å². The predicted octanol–water partition coefficient (Wildman–Crippen LogP) is 1.68. The van der Waals surface area contributed by atoms with Crippen molar-refractivity contribution in [2.24, 2.45) is 0 Å². The van der Waals surface area contributed by atoms with Crippen LogP contribution in [0.15, 0.2) is 60.8 Å². The van der Waals surface area contributed by atoms with Gasteiger partial charge in [0.2, 0.25) is 0 Å². The van der Waals surface area contributed by atoms with Gasteiger partial charge in [-0.15, -0.1) is 0 Å². The van der Waals surface area contributed by atoms with E-state index in [-0.39, 0.29) is 12.6 Å². The first-order valence-electron chi connectivity index (χ1n) is 9.39. The molecule has 6 heteroatoms. The molecule has 0 bridgehead atoms. The van der Waals surface area contributed by atoms with Crippen LogP contribution in [0.1, 0.15) is 16.8 Å². The quantitative estimate of drug-likeness (QED) is 0.607. The Hall–Kier alpha value is -3.25. The fourth-order valence-corrected chi connectivity index (χ4v) is 3.53. The minimum atomic E-state index is -0.647. The maximum Gasteiger partial charge on any atom is 0.309 e. The Bertz CT molecular complexity index is 1010. The third-order valence-corrected chi connectivity index (χ3v) is 5.05. The van der Waals surface area contributed by atoms with Crippen molar-refractivity contribution in [1.29, 1.82) is 0 Å². The third-order valence-electron chi connectivity index (χ3n) is 5.05. The Labute approximate surface area is 163 Å². The lowest BCUT2D eigenvalue weighted by atomic mass is 9.96. The summed E-state index contributed by atoms with van der Waals surface area (Å²) in [6.07, 6.45) is 2.54. The fourth-order valence-electron chi connectivity index (χ4n) is 3.53. The lowest BCUT2D eigenvalue weighted by Crippen LogP contribution is -2.48. The molecule has 0 saturated carbocycles. The van der Waals surface area contributed by atoms with E-state index < -0.39 is 11.8 Å². The van der Waals surface area contributed by atoms with Crippen LogP contribution in [0.3, 0.4) is 0 Å². The topological polar surface area (TPSA) is 83.1 Å². The highest BCUT2D eigenvalue weighted by atomic mass is 16.2. The minimum absolute atomic E-state index is 0.117. The third kappa shape index (κ3) is 4.02. The van der Waals surface area contributed by atoms with Crippen LogP contribution >= 0.6 is 0 Å². The highest BCUT2D eigenvalue weighted by Gasteiger charge is 2.20. The van der Waals surface area contributed by atoms with E-state index in [2.05, 4.69) is 33.1 Å². The van der Waals surface area contributed by atoms with Gasteiger partial charge in [0.1, 0.15) is 0 Å². The van der Waals surface area contributed by atoms with Crippen LogP contribution < -0.4 is 16.0 Å². The number of carbonyl (C=O) groups is 2. The highest BCUT2D eigenvalue weighted by Crippen LogP contribution is 2.16. The summed E-state index contributed by atoms with van der Waals surface area (Å²) in [4.78, 5) is 28.6. The Morgan fingerprint density at radius 3 is 2.61 bits per heavy atom. The molecule has 0 aliphatic carbocycles. The maximum atomic E-state index is 12.2. The molecule has 0 fully saturated rings. The second-order valence-electron chi connectivity index (χ2n) is 6.92. The van der Waals surface area contributed by atoms with Gasteiger partial charge in [-0.2, -0.15) is 0 Å². The van der Waals surface area contributed by atoms with Crippen molar-refractivity contribution in [2.45, 2.75) is 25.6 Å². The lowest BCUT2D eigenvalue weighted by Gasteiger charge is -2.26. The summed E-state index contributed by atoms with van der Waals surface area (Å²) in [6.45, 7) is 1.39. The second kappa shape index (κ2) is 8.19. The Kier molecular flexibility index (Phi) is 5.30. The number of carbonyl (C=O) groups excluding carboxylic acids is 2. The SMILES string of the molecule is O=C(NCc1nccc2ccccc12)C(=O)NCC1Cc2ccccc2CN1. The summed E-state index contributed by atoms with van der Waals surface area (Å²) in [7, 11) is 0. The van der Waals surface area contributed by atoms with E-state index in [1.807, 2.05) is 42.5 Å². The molecule has 0 radical (unpaired) electrons. The smallest absolute Gasteiger partial charge is 0.309 e. The fraction of sp³-hybridized carbons (Fsp3) is 0.227. The predicted molar refractivity (Wildman–Crippen MR) is 107 cm³/mol. The standard InChI is InChI=1S/C22H22N4O2/c27-21(25-13-18-11-16-6-1-2-7-17(16)12-24-18)22(28)26-14-20-19-8-4-3-5-15(19)9-10-23-20/h1-10,18,24H,11-14H2,(H,25,27)(H,26,28). The lowest BCUT2D eigenvalue weighted by molar-refractivity contribution is -0.139. The molecule has 2 aromatic carbocycles. The van der Waals surface area contributed by atoms with Gasteiger partial charge in [-0.05, 0) is 29.0 Å². The normalized spacial score (nSPS) is 15.6. The van der Waals surface area contributed by atoms with Gasteiger partial charge in [0.05, 0.1) is 12.2 Å². The minimum Gasteiger partial charge on any atom is -0.346 e. The molecule has 0 spiro atoms. The molecular weight excluding hydrogens is 352 g/mol. The number of benzene rings is 2. The number of fused-ring (bicyclic) bond motifs is 2. The van der Waals surface area contributed by atoms with Crippen LogP contribution in [0.5, 0.6) is 0 Å². The van der Waals surface area contributed by atoms with Crippen molar-refractivity contribution in [3.8, 4) is 0 Å². The molecule has 1 atom stereocenters. The van der Waals surface area contributed by atoms with Crippen molar-refractivity contribution in [2.75, 3.05) is 6.54 Å². The van der Waals surface area contributed by atoms with Gasteiger partial charge in [0.25, 0.3) is 0 Å². The number of hydrogen-bond acceptors (Lipinski definition) is 4. The van der Waals surface area contributed by atoms with Gasteiger partial charge in [-0.25, -0.2) is 0 Å². The molecule has 3 aromatic rings. The van der Waals surface area contributed by atoms with Gasteiger partial charge < -0.3 is 16.0 Å². The number of pyridine rings is 1. The molecule has 4 rings (SSSR count). The Balaban J connectivity index is 1.29. The number of aromatic nitrogens is 1. The molecule has 6 nitrogen and oxygen atoms in total. The van der Waals surface area contributed by atoms with Crippen molar-refractivity contribution in [3.05, 3.63) is 77.6 Å². The first-order chi connectivity index (χ1) is 13.7. The average Bonchev–Trinajstić information content (AvgIpc) is 2.75. The summed E-state index contributed by atoms with van der Waals surface area (Å²) >= 11 is 0. The van der Waals surface area contributed by atoms with Gasteiger partial charge in [-0.1, -0.05) is 48.5 Å². The van der Waals surface area contributed by atoms with Crippen molar-refractivity contribution in [1.82, 2.24) is 20.9 Å². The Morgan fingerprint density at radius 1 is 0.964 bits per heavy atom. The molecule has 2 heterocycles. The number of nitrogens with zero attached hydrogens (tertiary/aromatic N) is 1. The van der Waals surface area contributed by atoms with Crippen molar-refractivity contribution in [3.63, 3.8) is 0 Å². The molecule has 1 aliphatic rings. The van der Waals surface area contributed by atoms with Gasteiger partial charge >= 0.3 is 11.8 Å². The monoisotopic (exact) mass is 374 g/mol. The van der Waals surface area contributed by atoms with E-state index in [1.54, 1.807) is 6.20 Å². The zero-order chi connectivity index (χ0) is 19.3. The zero-order valence-electron chi connectivity index (χ0n) is 15.4. The van der Waals surface area contributed by atoms with Crippen LogP contribution in [-0.2, 0) is 29.1 Å². The van der Waals surface area contributed by atoms with Crippen LogP contribution in [0.25, 0.3) is 10.8 Å². The molecule has 28 heavy (non-hydrogen) atoms. The van der Waals surface area contributed by atoms with E-state index in [0.29, 0.717) is 6.54 Å². The van der Waals surface area contributed by atoms with Crippen LogP contribution in [0.4, 0.5) is 0 Å². The average molecular weight is 374 g/mol. The molecule has 1 aromatic heterocycles. The molecule has 1 unspecified atom stereocenters. The van der Waals surface area contributed by atoms with Gasteiger partial charge in [0.15, 0.2) is 0 Å². The second-order valence-corrected chi connectivity index (χ2v) is 6.92. The first kappa shape index (κ1) is 18.1. The number of amides is 2. The van der Waals surface area contributed by atoms with E-state index in [4.69, 9.17) is 0 Å². The molecular formula is C22H22N4O2. The molecule has 0 saturated heterocycles. The molecule has 1 aliphatic heterocycles. The van der Waals surface area contributed by atoms with Crippen LogP contribution in [0.2, 0.25) is 0 Å². The summed E-state index contributed by atoms with van der Waals surface area (Å²) < 4.78 is 0. The Morgan fingerprint density at radius 2 is 1.71 bits per heavy atom. The van der Waals surface area contributed by atoms with E-state index >= 15 is 0 Å². The summed E-state index contributed by atoms with van der Waals surface area (Å²) in [6, 6.07) is 18.1. The van der Waals surface area contributed by atoms with E-state index in [1.165, 1.54) is 11.1 Å². The number of rotatable bonds is 4. The number of nitrogens with one attached hydrogen (secondary N) is 3. The maximum absolute atomic E-state index is 12.2. The van der Waals surface area contributed by atoms with Gasteiger partial charge in [0, 0.05) is 30.7 Å². The zero-order valence-corrected chi connectivity index (χ0v) is 15.4. The molecule has 142 valence electrons.